The zero-order valence-corrected chi connectivity index (χ0v) is 15.7. The van der Waals surface area contributed by atoms with Crippen molar-refractivity contribution >= 4 is 46.2 Å². The van der Waals surface area contributed by atoms with E-state index in [1.165, 1.54) is 18.1 Å². The summed E-state index contributed by atoms with van der Waals surface area (Å²) in [6, 6.07) is 8.45. The van der Waals surface area contributed by atoms with Crippen molar-refractivity contribution in [3.63, 3.8) is 0 Å². The van der Waals surface area contributed by atoms with Gasteiger partial charge in [-0.05, 0) is 59.0 Å². The Labute approximate surface area is 153 Å². The zero-order chi connectivity index (χ0) is 17.7. The van der Waals surface area contributed by atoms with Crippen molar-refractivity contribution in [2.75, 3.05) is 26.5 Å². The quantitative estimate of drug-likeness (QED) is 0.573. The molecule has 0 aliphatic carbocycles. The van der Waals surface area contributed by atoms with Crippen LogP contribution in [0, 0.1) is 3.77 Å². The first kappa shape index (κ1) is 18.1. The molecular weight excluding hydrogens is 423 g/mol. The number of furan rings is 1. The number of benzene rings is 1. The molecule has 0 aliphatic heterocycles. The first-order valence-corrected chi connectivity index (χ1v) is 8.12. The van der Waals surface area contributed by atoms with Crippen LogP contribution >= 0.6 is 22.6 Å². The summed E-state index contributed by atoms with van der Waals surface area (Å²) in [6.45, 7) is 0. The minimum atomic E-state index is -0.353. The lowest BCUT2D eigenvalue weighted by atomic mass is 10.1. The Morgan fingerprint density at radius 3 is 2.58 bits per heavy atom. The number of rotatable bonds is 5. The molecule has 2 amide bonds. The van der Waals surface area contributed by atoms with E-state index in [0.29, 0.717) is 22.8 Å². The standard InChI is InChI=1S/C17H17IN2O4/c1-20(2)17(22)11-4-7-14(23-3)13(10-11)19-16(21)9-6-12-5-8-15(18)24-12/h4-10H,1-3H3,(H,19,21)/b9-6+. The Morgan fingerprint density at radius 2 is 2.00 bits per heavy atom. The maximum absolute atomic E-state index is 12.1. The molecular formula is C17H17IN2O4. The highest BCUT2D eigenvalue weighted by atomic mass is 127. The fourth-order valence-electron chi connectivity index (χ4n) is 1.95. The second-order valence-corrected chi connectivity index (χ2v) is 6.14. The van der Waals surface area contributed by atoms with Crippen LogP contribution in [0.1, 0.15) is 16.1 Å². The number of halogens is 1. The minimum Gasteiger partial charge on any atom is -0.495 e. The molecule has 0 bridgehead atoms. The summed E-state index contributed by atoms with van der Waals surface area (Å²) < 4.78 is 11.3. The van der Waals surface area contributed by atoms with Crippen molar-refractivity contribution in [3.05, 3.63) is 51.5 Å². The van der Waals surface area contributed by atoms with Gasteiger partial charge in [0, 0.05) is 25.7 Å². The summed E-state index contributed by atoms with van der Waals surface area (Å²) in [5.41, 5.74) is 0.884. The third-order valence-corrected chi connectivity index (χ3v) is 3.68. The van der Waals surface area contributed by atoms with Gasteiger partial charge in [0.05, 0.1) is 12.8 Å². The van der Waals surface area contributed by atoms with Crippen LogP contribution in [0.4, 0.5) is 5.69 Å². The lowest BCUT2D eigenvalue weighted by Crippen LogP contribution is -2.22. The SMILES string of the molecule is COc1ccc(C(=O)N(C)C)cc1NC(=O)/C=C/c1ccc(I)o1. The molecule has 1 heterocycles. The Morgan fingerprint density at radius 1 is 1.25 bits per heavy atom. The largest absolute Gasteiger partial charge is 0.495 e. The number of hydrogen-bond donors (Lipinski definition) is 1. The zero-order valence-electron chi connectivity index (χ0n) is 13.5. The molecule has 126 valence electrons. The molecule has 2 rings (SSSR count). The molecule has 0 unspecified atom stereocenters. The maximum Gasteiger partial charge on any atom is 0.253 e. The molecule has 1 aromatic carbocycles. The average molecular weight is 440 g/mol. The van der Waals surface area contributed by atoms with Crippen molar-refractivity contribution in [2.24, 2.45) is 0 Å². The first-order chi connectivity index (χ1) is 11.4. The maximum atomic E-state index is 12.1. The van der Waals surface area contributed by atoms with Crippen LogP contribution in [0.5, 0.6) is 5.75 Å². The van der Waals surface area contributed by atoms with E-state index < -0.39 is 0 Å². The van der Waals surface area contributed by atoms with E-state index in [2.05, 4.69) is 5.32 Å². The molecule has 24 heavy (non-hydrogen) atoms. The number of ether oxygens (including phenoxy) is 1. The third-order valence-electron chi connectivity index (χ3n) is 3.10. The number of carbonyl (C=O) groups is 2. The van der Waals surface area contributed by atoms with Crippen LogP contribution in [-0.4, -0.2) is 37.9 Å². The van der Waals surface area contributed by atoms with Gasteiger partial charge in [-0.15, -0.1) is 0 Å². The van der Waals surface area contributed by atoms with Crippen LogP contribution < -0.4 is 10.1 Å². The molecule has 1 N–H and O–H groups in total. The Bertz CT molecular complexity index is 781. The highest BCUT2D eigenvalue weighted by molar-refractivity contribution is 14.1. The van der Waals surface area contributed by atoms with Gasteiger partial charge in [0.25, 0.3) is 5.91 Å². The summed E-state index contributed by atoms with van der Waals surface area (Å²) in [5, 5.41) is 2.71. The van der Waals surface area contributed by atoms with Gasteiger partial charge in [-0.1, -0.05) is 0 Å². The minimum absolute atomic E-state index is 0.158. The monoisotopic (exact) mass is 440 g/mol. The number of hydrogen-bond acceptors (Lipinski definition) is 4. The van der Waals surface area contributed by atoms with E-state index in [0.717, 1.165) is 3.77 Å². The summed E-state index contributed by atoms with van der Waals surface area (Å²) in [7, 11) is 4.83. The second-order valence-electron chi connectivity index (χ2n) is 5.08. The lowest BCUT2D eigenvalue weighted by Gasteiger charge is -2.13. The topological polar surface area (TPSA) is 71.8 Å². The number of anilines is 1. The molecule has 2 aromatic rings. The summed E-state index contributed by atoms with van der Waals surface area (Å²) >= 11 is 2.05. The predicted molar refractivity (Wildman–Crippen MR) is 100 cm³/mol. The Hall–Kier alpha value is -2.29. The van der Waals surface area contributed by atoms with E-state index >= 15 is 0 Å². The molecule has 0 saturated carbocycles. The van der Waals surface area contributed by atoms with Crippen molar-refractivity contribution < 1.29 is 18.7 Å². The molecule has 0 spiro atoms. The molecule has 0 aliphatic rings. The molecule has 0 saturated heterocycles. The first-order valence-electron chi connectivity index (χ1n) is 7.05. The third kappa shape index (κ3) is 4.60. The Kier molecular flexibility index (Phi) is 6.02. The second kappa shape index (κ2) is 8.00. The summed E-state index contributed by atoms with van der Waals surface area (Å²) in [5.74, 6) is 0.542. The predicted octanol–water partition coefficient (Wildman–Crippen LogP) is 3.25. The normalized spacial score (nSPS) is 10.7. The lowest BCUT2D eigenvalue weighted by molar-refractivity contribution is -0.111. The van der Waals surface area contributed by atoms with Crippen LogP contribution in [0.3, 0.4) is 0 Å². The average Bonchev–Trinajstić information content (AvgIpc) is 2.97. The van der Waals surface area contributed by atoms with Gasteiger partial charge in [0.15, 0.2) is 3.77 Å². The van der Waals surface area contributed by atoms with Gasteiger partial charge < -0.3 is 19.4 Å². The fraction of sp³-hybridized carbons (Fsp3) is 0.176. The number of nitrogens with zero attached hydrogens (tertiary/aromatic N) is 1. The van der Waals surface area contributed by atoms with Gasteiger partial charge >= 0.3 is 0 Å². The van der Waals surface area contributed by atoms with Gasteiger partial charge in [0.1, 0.15) is 11.5 Å². The van der Waals surface area contributed by atoms with Crippen molar-refractivity contribution in [1.82, 2.24) is 4.90 Å². The van der Waals surface area contributed by atoms with E-state index in [4.69, 9.17) is 9.15 Å². The summed E-state index contributed by atoms with van der Waals surface area (Å²) in [4.78, 5) is 25.6. The van der Waals surface area contributed by atoms with Crippen molar-refractivity contribution in [1.29, 1.82) is 0 Å². The fourth-order valence-corrected chi connectivity index (χ4v) is 2.38. The van der Waals surface area contributed by atoms with Crippen LogP contribution in [0.15, 0.2) is 40.8 Å². The van der Waals surface area contributed by atoms with Gasteiger partial charge in [-0.25, -0.2) is 0 Å². The molecule has 0 fully saturated rings. The number of amides is 2. The smallest absolute Gasteiger partial charge is 0.253 e. The molecule has 0 radical (unpaired) electrons. The van der Waals surface area contributed by atoms with Crippen LogP contribution in [0.2, 0.25) is 0 Å². The van der Waals surface area contributed by atoms with Gasteiger partial charge in [-0.2, -0.15) is 0 Å². The van der Waals surface area contributed by atoms with Crippen LogP contribution in [0.25, 0.3) is 6.08 Å². The number of carbonyl (C=O) groups excluding carboxylic acids is 2. The van der Waals surface area contributed by atoms with E-state index in [-0.39, 0.29) is 11.8 Å². The van der Waals surface area contributed by atoms with E-state index in [1.807, 2.05) is 22.6 Å². The van der Waals surface area contributed by atoms with Crippen molar-refractivity contribution in [2.45, 2.75) is 0 Å². The highest BCUT2D eigenvalue weighted by Crippen LogP contribution is 2.26. The molecule has 7 heteroatoms. The van der Waals surface area contributed by atoms with Crippen LogP contribution in [-0.2, 0) is 4.79 Å². The summed E-state index contributed by atoms with van der Waals surface area (Å²) in [6.07, 6.45) is 2.92. The van der Waals surface area contributed by atoms with Gasteiger partial charge in [-0.3, -0.25) is 9.59 Å². The molecule has 1 aromatic heterocycles. The molecule has 0 atom stereocenters. The molecule has 6 nitrogen and oxygen atoms in total. The number of methoxy groups -OCH3 is 1. The number of nitrogens with one attached hydrogen (secondary N) is 1. The highest BCUT2D eigenvalue weighted by Gasteiger charge is 2.13. The van der Waals surface area contributed by atoms with Gasteiger partial charge in [0.2, 0.25) is 5.91 Å². The Balaban J connectivity index is 2.17. The van der Waals surface area contributed by atoms with E-state index in [9.17, 15) is 9.59 Å². The van der Waals surface area contributed by atoms with Crippen molar-refractivity contribution in [3.8, 4) is 5.75 Å². The van der Waals surface area contributed by atoms with E-state index in [1.54, 1.807) is 50.5 Å².